The van der Waals surface area contributed by atoms with Crippen molar-refractivity contribution in [1.82, 2.24) is 0 Å². The number of carbonyl (C=O) groups is 3. The summed E-state index contributed by atoms with van der Waals surface area (Å²) in [4.78, 5) is 38.5. The van der Waals surface area contributed by atoms with Crippen molar-refractivity contribution in [3.8, 4) is 5.75 Å². The molecule has 1 atom stereocenters. The zero-order valence-corrected chi connectivity index (χ0v) is 17.6. The van der Waals surface area contributed by atoms with Gasteiger partial charge in [-0.1, -0.05) is 36.7 Å². The predicted molar refractivity (Wildman–Crippen MR) is 114 cm³/mol. The maximum atomic E-state index is 12.4. The van der Waals surface area contributed by atoms with Gasteiger partial charge in [-0.3, -0.25) is 14.4 Å². The van der Waals surface area contributed by atoms with Gasteiger partial charge in [-0.15, -0.1) is 0 Å². The van der Waals surface area contributed by atoms with E-state index in [1.54, 1.807) is 23.1 Å². The number of ether oxygens (including phenoxy) is 2. The van der Waals surface area contributed by atoms with Crippen LogP contribution in [0.25, 0.3) is 0 Å². The number of methoxy groups -OCH3 is 1. The minimum atomic E-state index is -0.606. The van der Waals surface area contributed by atoms with Crippen LogP contribution in [0.5, 0.6) is 5.75 Å². The average molecular weight is 431 g/mol. The highest BCUT2D eigenvalue weighted by Gasteiger charge is 2.37. The van der Waals surface area contributed by atoms with Crippen molar-refractivity contribution >= 4 is 40.8 Å². The van der Waals surface area contributed by atoms with Gasteiger partial charge in [0.05, 0.1) is 18.1 Å². The van der Waals surface area contributed by atoms with E-state index < -0.39 is 24.4 Å². The molecule has 2 aromatic carbocycles. The summed E-state index contributed by atoms with van der Waals surface area (Å²) in [5.74, 6) is -1.31. The highest BCUT2D eigenvalue weighted by atomic mass is 35.5. The van der Waals surface area contributed by atoms with E-state index in [1.165, 1.54) is 7.11 Å². The standard InChI is InChI=1S/C22H23ClN2O5/c1-3-14-6-4-5-7-18(14)25-12-15(10-21(25)27)22(28)30-13-20(26)24-16-8-9-19(29-2)17(23)11-16/h4-9,11,15H,3,10,12-13H2,1-2H3,(H,24,26). The Balaban J connectivity index is 1.54. The molecule has 0 spiro atoms. The number of hydrogen-bond donors (Lipinski definition) is 1. The zero-order chi connectivity index (χ0) is 21.7. The summed E-state index contributed by atoms with van der Waals surface area (Å²) in [5.41, 5.74) is 2.31. The summed E-state index contributed by atoms with van der Waals surface area (Å²) < 4.78 is 10.2. The van der Waals surface area contributed by atoms with Gasteiger partial charge < -0.3 is 19.7 Å². The number of hydrogen-bond acceptors (Lipinski definition) is 5. The molecule has 2 aromatic rings. The van der Waals surface area contributed by atoms with E-state index in [0.717, 1.165) is 17.7 Å². The number of nitrogens with zero attached hydrogens (tertiary/aromatic N) is 1. The molecule has 1 aliphatic heterocycles. The van der Waals surface area contributed by atoms with Crippen molar-refractivity contribution in [3.63, 3.8) is 0 Å². The Morgan fingerprint density at radius 2 is 2.00 bits per heavy atom. The molecule has 0 bridgehead atoms. The average Bonchev–Trinajstić information content (AvgIpc) is 3.13. The van der Waals surface area contributed by atoms with Crippen molar-refractivity contribution in [2.24, 2.45) is 5.92 Å². The van der Waals surface area contributed by atoms with Gasteiger partial charge in [0.25, 0.3) is 5.91 Å². The van der Waals surface area contributed by atoms with Crippen LogP contribution in [-0.4, -0.2) is 38.0 Å². The third-order valence-electron chi connectivity index (χ3n) is 4.90. The molecule has 1 fully saturated rings. The Morgan fingerprint density at radius 1 is 1.23 bits per heavy atom. The minimum absolute atomic E-state index is 0.0621. The monoisotopic (exact) mass is 430 g/mol. The number of carbonyl (C=O) groups excluding carboxylic acids is 3. The van der Waals surface area contributed by atoms with Crippen LogP contribution in [0.3, 0.4) is 0 Å². The van der Waals surface area contributed by atoms with Crippen molar-refractivity contribution in [2.45, 2.75) is 19.8 Å². The lowest BCUT2D eigenvalue weighted by molar-refractivity contribution is -0.151. The molecule has 1 saturated heterocycles. The Kier molecular flexibility index (Phi) is 6.95. The van der Waals surface area contributed by atoms with E-state index in [-0.39, 0.29) is 18.9 Å². The third kappa shape index (κ3) is 4.91. The largest absolute Gasteiger partial charge is 0.495 e. The summed E-state index contributed by atoms with van der Waals surface area (Å²) in [5, 5.41) is 2.96. The summed E-state index contributed by atoms with van der Waals surface area (Å²) in [6.45, 7) is 1.81. The number of anilines is 2. The summed E-state index contributed by atoms with van der Waals surface area (Å²) in [6, 6.07) is 12.4. The number of amides is 2. The van der Waals surface area contributed by atoms with Crippen molar-refractivity contribution in [1.29, 1.82) is 0 Å². The molecule has 158 valence electrons. The quantitative estimate of drug-likeness (QED) is 0.680. The van der Waals surface area contributed by atoms with Gasteiger partial charge in [-0.05, 0) is 36.2 Å². The van der Waals surface area contributed by atoms with Crippen LogP contribution >= 0.6 is 11.6 Å². The predicted octanol–water partition coefficient (Wildman–Crippen LogP) is 3.45. The smallest absolute Gasteiger partial charge is 0.311 e. The van der Waals surface area contributed by atoms with Crippen LogP contribution in [0.15, 0.2) is 42.5 Å². The van der Waals surface area contributed by atoms with Gasteiger partial charge >= 0.3 is 5.97 Å². The van der Waals surface area contributed by atoms with E-state index in [1.807, 2.05) is 31.2 Å². The van der Waals surface area contributed by atoms with Gasteiger partial charge in [0.1, 0.15) is 5.75 Å². The maximum Gasteiger partial charge on any atom is 0.311 e. The third-order valence-corrected chi connectivity index (χ3v) is 5.20. The lowest BCUT2D eigenvalue weighted by Gasteiger charge is -2.19. The van der Waals surface area contributed by atoms with E-state index >= 15 is 0 Å². The van der Waals surface area contributed by atoms with E-state index in [9.17, 15) is 14.4 Å². The number of esters is 1. The fraction of sp³-hybridized carbons (Fsp3) is 0.318. The van der Waals surface area contributed by atoms with Crippen LogP contribution in [0.4, 0.5) is 11.4 Å². The lowest BCUT2D eigenvalue weighted by atomic mass is 10.1. The molecule has 2 amide bonds. The summed E-state index contributed by atoms with van der Waals surface area (Å²) in [6.07, 6.45) is 0.844. The molecule has 1 N–H and O–H groups in total. The highest BCUT2D eigenvalue weighted by Crippen LogP contribution is 2.29. The molecular formula is C22H23ClN2O5. The molecule has 7 nitrogen and oxygen atoms in total. The number of rotatable bonds is 7. The molecule has 0 radical (unpaired) electrons. The van der Waals surface area contributed by atoms with E-state index in [4.69, 9.17) is 21.1 Å². The number of para-hydroxylation sites is 1. The first-order chi connectivity index (χ1) is 14.4. The van der Waals surface area contributed by atoms with Gasteiger partial charge in [-0.2, -0.15) is 0 Å². The first kappa shape index (κ1) is 21.6. The van der Waals surface area contributed by atoms with Crippen LogP contribution in [-0.2, 0) is 25.5 Å². The van der Waals surface area contributed by atoms with E-state index in [2.05, 4.69) is 5.32 Å². The molecule has 1 unspecified atom stereocenters. The van der Waals surface area contributed by atoms with Crippen LogP contribution in [0, 0.1) is 5.92 Å². The zero-order valence-electron chi connectivity index (χ0n) is 16.8. The molecule has 0 aromatic heterocycles. The Bertz CT molecular complexity index is 962. The lowest BCUT2D eigenvalue weighted by Crippen LogP contribution is -2.28. The number of aryl methyl sites for hydroxylation is 1. The van der Waals surface area contributed by atoms with Crippen LogP contribution in [0.1, 0.15) is 18.9 Å². The molecule has 8 heteroatoms. The minimum Gasteiger partial charge on any atom is -0.495 e. The molecule has 1 heterocycles. The second-order valence-electron chi connectivity index (χ2n) is 6.89. The van der Waals surface area contributed by atoms with Crippen LogP contribution in [0.2, 0.25) is 5.02 Å². The Morgan fingerprint density at radius 3 is 2.70 bits per heavy atom. The van der Waals surface area contributed by atoms with Gasteiger partial charge in [0.2, 0.25) is 5.91 Å². The number of benzene rings is 2. The van der Waals surface area contributed by atoms with Gasteiger partial charge in [-0.25, -0.2) is 0 Å². The number of nitrogens with one attached hydrogen (secondary N) is 1. The summed E-state index contributed by atoms with van der Waals surface area (Å²) >= 11 is 6.03. The van der Waals surface area contributed by atoms with Crippen molar-refractivity contribution in [2.75, 3.05) is 30.5 Å². The molecule has 0 saturated carbocycles. The number of halogens is 1. The fourth-order valence-corrected chi connectivity index (χ4v) is 3.62. The maximum absolute atomic E-state index is 12.4. The molecule has 1 aliphatic rings. The molecule has 3 rings (SSSR count). The fourth-order valence-electron chi connectivity index (χ4n) is 3.37. The highest BCUT2D eigenvalue weighted by molar-refractivity contribution is 6.32. The van der Waals surface area contributed by atoms with E-state index in [0.29, 0.717) is 16.5 Å². The topological polar surface area (TPSA) is 84.9 Å². The molecular weight excluding hydrogens is 408 g/mol. The first-order valence-corrected chi connectivity index (χ1v) is 9.99. The summed E-state index contributed by atoms with van der Waals surface area (Å²) in [7, 11) is 1.49. The first-order valence-electron chi connectivity index (χ1n) is 9.61. The van der Waals surface area contributed by atoms with Crippen LogP contribution < -0.4 is 15.0 Å². The molecule has 0 aliphatic carbocycles. The second kappa shape index (κ2) is 9.63. The Labute approximate surface area is 179 Å². The SMILES string of the molecule is CCc1ccccc1N1CC(C(=O)OCC(=O)Nc2ccc(OC)c(Cl)c2)CC1=O. The van der Waals surface area contributed by atoms with Gasteiger partial charge in [0.15, 0.2) is 6.61 Å². The normalized spacial score (nSPS) is 15.8. The Hall–Kier alpha value is -3.06. The van der Waals surface area contributed by atoms with Gasteiger partial charge in [0, 0.05) is 24.3 Å². The second-order valence-corrected chi connectivity index (χ2v) is 7.30. The van der Waals surface area contributed by atoms with Crippen molar-refractivity contribution in [3.05, 3.63) is 53.1 Å². The van der Waals surface area contributed by atoms with Crippen molar-refractivity contribution < 1.29 is 23.9 Å². The molecule has 30 heavy (non-hydrogen) atoms.